The molecule has 5 heteroatoms. The van der Waals surface area contributed by atoms with Gasteiger partial charge in [-0.15, -0.1) is 0 Å². The summed E-state index contributed by atoms with van der Waals surface area (Å²) in [4.78, 5) is 0. The molecule has 78 valence electrons. The number of hydrogen-bond acceptors (Lipinski definition) is 1. The first-order chi connectivity index (χ1) is 7.16. The van der Waals surface area contributed by atoms with Gasteiger partial charge in [-0.1, -0.05) is 0 Å². The predicted molar refractivity (Wildman–Crippen MR) is 47.7 cm³/mol. The molecule has 2 aromatic rings. The summed E-state index contributed by atoms with van der Waals surface area (Å²) >= 11 is 0. The predicted octanol–water partition coefficient (Wildman–Crippen LogP) is 2.42. The van der Waals surface area contributed by atoms with Crippen LogP contribution in [0.4, 0.5) is 13.2 Å². The molecule has 0 bridgehead atoms. The van der Waals surface area contributed by atoms with Crippen molar-refractivity contribution in [2.24, 2.45) is 0 Å². The van der Waals surface area contributed by atoms with E-state index in [9.17, 15) is 13.2 Å². The van der Waals surface area contributed by atoms with E-state index in [1.807, 2.05) is 0 Å². The summed E-state index contributed by atoms with van der Waals surface area (Å²) in [6.45, 7) is 0. The maximum atomic E-state index is 13.2. The highest BCUT2D eigenvalue weighted by atomic mass is 19.2. The standard InChI is InChI=1S/C10H7F3N2/c11-8-3-10(13)9(12)2-7(8)1-6-4-14-15-5-6/h2-5H,1H2,(H,14,15). The van der Waals surface area contributed by atoms with Gasteiger partial charge in [-0.3, -0.25) is 5.10 Å². The zero-order valence-electron chi connectivity index (χ0n) is 7.60. The lowest BCUT2D eigenvalue weighted by Gasteiger charge is -2.02. The van der Waals surface area contributed by atoms with E-state index in [0.717, 1.165) is 6.07 Å². The Morgan fingerprint density at radius 3 is 2.47 bits per heavy atom. The van der Waals surface area contributed by atoms with E-state index in [4.69, 9.17) is 0 Å². The highest BCUT2D eigenvalue weighted by Crippen LogP contribution is 2.16. The van der Waals surface area contributed by atoms with Crippen LogP contribution >= 0.6 is 0 Å². The lowest BCUT2D eigenvalue weighted by Crippen LogP contribution is -1.96. The fourth-order valence-corrected chi connectivity index (χ4v) is 1.29. The van der Waals surface area contributed by atoms with Crippen molar-refractivity contribution in [3.05, 3.63) is 53.1 Å². The molecule has 0 radical (unpaired) electrons. The zero-order valence-corrected chi connectivity index (χ0v) is 7.60. The number of hydrogen-bond donors (Lipinski definition) is 1. The molecule has 1 N–H and O–H groups in total. The van der Waals surface area contributed by atoms with E-state index in [2.05, 4.69) is 10.2 Å². The Morgan fingerprint density at radius 1 is 1.07 bits per heavy atom. The lowest BCUT2D eigenvalue weighted by molar-refractivity contribution is 0.491. The maximum Gasteiger partial charge on any atom is 0.161 e. The van der Waals surface area contributed by atoms with Crippen molar-refractivity contribution in [2.75, 3.05) is 0 Å². The molecular formula is C10H7F3N2. The molecule has 2 nitrogen and oxygen atoms in total. The smallest absolute Gasteiger partial charge is 0.161 e. The van der Waals surface area contributed by atoms with Crippen LogP contribution in [0, 0.1) is 17.5 Å². The van der Waals surface area contributed by atoms with E-state index < -0.39 is 17.5 Å². The van der Waals surface area contributed by atoms with Gasteiger partial charge in [0.1, 0.15) is 5.82 Å². The van der Waals surface area contributed by atoms with Crippen molar-refractivity contribution in [1.29, 1.82) is 0 Å². The Balaban J connectivity index is 2.33. The van der Waals surface area contributed by atoms with Crippen LogP contribution in [0.1, 0.15) is 11.1 Å². The Labute approximate surface area is 83.7 Å². The Kier molecular flexibility index (Phi) is 2.45. The number of aromatic nitrogens is 2. The van der Waals surface area contributed by atoms with E-state index in [1.165, 1.54) is 6.20 Å². The molecule has 0 saturated heterocycles. The summed E-state index contributed by atoms with van der Waals surface area (Å²) in [5.41, 5.74) is 0.815. The lowest BCUT2D eigenvalue weighted by atomic mass is 10.1. The van der Waals surface area contributed by atoms with Gasteiger partial charge in [-0.25, -0.2) is 13.2 Å². The van der Waals surface area contributed by atoms with Crippen LogP contribution in [-0.4, -0.2) is 10.2 Å². The van der Waals surface area contributed by atoms with Crippen molar-refractivity contribution in [3.63, 3.8) is 0 Å². The third-order valence-corrected chi connectivity index (χ3v) is 2.04. The SMILES string of the molecule is Fc1cc(F)c(Cc2cn[nH]c2)cc1F. The number of nitrogens with zero attached hydrogens (tertiary/aromatic N) is 1. The third-order valence-electron chi connectivity index (χ3n) is 2.04. The summed E-state index contributed by atoms with van der Waals surface area (Å²) in [7, 11) is 0. The average Bonchev–Trinajstić information content (AvgIpc) is 2.67. The van der Waals surface area contributed by atoms with Gasteiger partial charge in [-0.05, 0) is 17.2 Å². The molecule has 0 saturated carbocycles. The van der Waals surface area contributed by atoms with E-state index in [-0.39, 0.29) is 12.0 Å². The molecule has 0 unspecified atom stereocenters. The van der Waals surface area contributed by atoms with Gasteiger partial charge in [0.15, 0.2) is 11.6 Å². The van der Waals surface area contributed by atoms with E-state index in [0.29, 0.717) is 11.6 Å². The minimum Gasteiger partial charge on any atom is -0.285 e. The van der Waals surface area contributed by atoms with Gasteiger partial charge >= 0.3 is 0 Å². The Morgan fingerprint density at radius 2 is 1.80 bits per heavy atom. The van der Waals surface area contributed by atoms with Crippen LogP contribution in [0.3, 0.4) is 0 Å². The first kappa shape index (κ1) is 9.76. The fourth-order valence-electron chi connectivity index (χ4n) is 1.29. The molecule has 2 rings (SSSR count). The van der Waals surface area contributed by atoms with Crippen LogP contribution in [0.2, 0.25) is 0 Å². The first-order valence-electron chi connectivity index (χ1n) is 4.28. The fraction of sp³-hybridized carbons (Fsp3) is 0.100. The Hall–Kier alpha value is -1.78. The molecule has 0 atom stereocenters. The van der Waals surface area contributed by atoms with E-state index in [1.54, 1.807) is 6.20 Å². The van der Waals surface area contributed by atoms with Crippen LogP contribution in [0.5, 0.6) is 0 Å². The normalized spacial score (nSPS) is 10.6. The first-order valence-corrected chi connectivity index (χ1v) is 4.28. The van der Waals surface area contributed by atoms with Gasteiger partial charge in [0.25, 0.3) is 0 Å². The number of halogens is 3. The molecule has 0 spiro atoms. The van der Waals surface area contributed by atoms with Gasteiger partial charge < -0.3 is 0 Å². The number of benzene rings is 1. The van der Waals surface area contributed by atoms with Crippen LogP contribution < -0.4 is 0 Å². The summed E-state index contributed by atoms with van der Waals surface area (Å²) < 4.78 is 38.6. The van der Waals surface area contributed by atoms with Crippen molar-refractivity contribution >= 4 is 0 Å². The van der Waals surface area contributed by atoms with Gasteiger partial charge in [0, 0.05) is 18.7 Å². The minimum atomic E-state index is -1.18. The van der Waals surface area contributed by atoms with Crippen LogP contribution in [0.25, 0.3) is 0 Å². The summed E-state index contributed by atoms with van der Waals surface area (Å²) in [6.07, 6.45) is 3.25. The second kappa shape index (κ2) is 3.76. The molecule has 15 heavy (non-hydrogen) atoms. The molecule has 0 amide bonds. The quantitative estimate of drug-likeness (QED) is 0.761. The zero-order chi connectivity index (χ0) is 10.8. The number of aromatic amines is 1. The molecule has 1 aromatic carbocycles. The monoisotopic (exact) mass is 212 g/mol. The van der Waals surface area contributed by atoms with E-state index >= 15 is 0 Å². The van der Waals surface area contributed by atoms with Crippen LogP contribution in [-0.2, 0) is 6.42 Å². The average molecular weight is 212 g/mol. The van der Waals surface area contributed by atoms with Gasteiger partial charge in [0.05, 0.1) is 6.20 Å². The largest absolute Gasteiger partial charge is 0.285 e. The maximum absolute atomic E-state index is 13.2. The number of H-pyrrole nitrogens is 1. The number of rotatable bonds is 2. The highest BCUT2D eigenvalue weighted by molar-refractivity contribution is 5.25. The van der Waals surface area contributed by atoms with Gasteiger partial charge in [-0.2, -0.15) is 5.10 Å². The van der Waals surface area contributed by atoms with Crippen LogP contribution in [0.15, 0.2) is 24.5 Å². The second-order valence-corrected chi connectivity index (χ2v) is 3.14. The summed E-state index contributed by atoms with van der Waals surface area (Å²) in [5.74, 6) is -2.98. The molecule has 0 aliphatic carbocycles. The molecular weight excluding hydrogens is 205 g/mol. The molecule has 1 heterocycles. The Bertz CT molecular complexity index is 466. The highest BCUT2D eigenvalue weighted by Gasteiger charge is 2.10. The van der Waals surface area contributed by atoms with Crippen molar-refractivity contribution in [1.82, 2.24) is 10.2 Å². The summed E-state index contributed by atoms with van der Waals surface area (Å²) in [5, 5.41) is 6.23. The van der Waals surface area contributed by atoms with Crippen molar-refractivity contribution in [3.8, 4) is 0 Å². The second-order valence-electron chi connectivity index (χ2n) is 3.14. The molecule has 0 fully saturated rings. The summed E-state index contributed by atoms with van der Waals surface area (Å²) in [6, 6.07) is 1.41. The van der Waals surface area contributed by atoms with Gasteiger partial charge in [0.2, 0.25) is 0 Å². The molecule has 0 aliphatic rings. The van der Waals surface area contributed by atoms with Crippen molar-refractivity contribution in [2.45, 2.75) is 6.42 Å². The third kappa shape index (κ3) is 2.01. The minimum absolute atomic E-state index is 0.107. The topological polar surface area (TPSA) is 28.7 Å². The molecule has 1 aromatic heterocycles. The molecule has 0 aliphatic heterocycles. The number of nitrogens with one attached hydrogen (secondary N) is 1. The van der Waals surface area contributed by atoms with Crippen molar-refractivity contribution < 1.29 is 13.2 Å².